The third-order valence-corrected chi connectivity index (χ3v) is 5.32. The van der Waals surface area contributed by atoms with E-state index < -0.39 is 0 Å². The van der Waals surface area contributed by atoms with Crippen molar-refractivity contribution in [2.45, 2.75) is 33.9 Å². The summed E-state index contributed by atoms with van der Waals surface area (Å²) < 4.78 is 0. The van der Waals surface area contributed by atoms with Crippen LogP contribution in [0.5, 0.6) is 0 Å². The summed E-state index contributed by atoms with van der Waals surface area (Å²) in [7, 11) is 0. The molecule has 3 rings (SSSR count). The van der Waals surface area contributed by atoms with Crippen LogP contribution in [0.2, 0.25) is 0 Å². The first-order chi connectivity index (χ1) is 12.5. The zero-order valence-electron chi connectivity index (χ0n) is 16.5. The number of aryl methyl sites for hydroxylation is 1. The minimum atomic E-state index is 0.591. The number of piperazine rings is 1. The highest BCUT2D eigenvalue weighted by atomic mass is 15.3. The maximum atomic E-state index is 5.78. The number of benzene rings is 2. The lowest BCUT2D eigenvalue weighted by molar-refractivity contribution is 0.117. The zero-order chi connectivity index (χ0) is 18.5. The maximum absolute atomic E-state index is 5.78. The summed E-state index contributed by atoms with van der Waals surface area (Å²) in [6.07, 6.45) is 0. The SMILES string of the molecule is Cc1cc(-c2cccc(CN)c2)ccc1CN1CCN(CC(C)C)CC1. The van der Waals surface area contributed by atoms with Crippen LogP contribution in [0.3, 0.4) is 0 Å². The number of hydrogen-bond acceptors (Lipinski definition) is 3. The first kappa shape index (κ1) is 19.1. The lowest BCUT2D eigenvalue weighted by Gasteiger charge is -2.35. The van der Waals surface area contributed by atoms with Crippen LogP contribution in [0.25, 0.3) is 11.1 Å². The van der Waals surface area contributed by atoms with E-state index in [9.17, 15) is 0 Å². The van der Waals surface area contributed by atoms with Crippen LogP contribution < -0.4 is 5.73 Å². The fraction of sp³-hybridized carbons (Fsp3) is 0.478. The lowest BCUT2D eigenvalue weighted by atomic mass is 9.98. The van der Waals surface area contributed by atoms with E-state index in [2.05, 4.69) is 73.0 Å². The quantitative estimate of drug-likeness (QED) is 0.857. The predicted octanol–water partition coefficient (Wildman–Crippen LogP) is 3.89. The molecule has 0 unspecified atom stereocenters. The second kappa shape index (κ2) is 8.81. The Kier molecular flexibility index (Phi) is 6.47. The van der Waals surface area contributed by atoms with Crippen LogP contribution in [0.4, 0.5) is 0 Å². The minimum Gasteiger partial charge on any atom is -0.326 e. The second-order valence-corrected chi connectivity index (χ2v) is 8.02. The Hall–Kier alpha value is -1.68. The van der Waals surface area contributed by atoms with Gasteiger partial charge in [-0.15, -0.1) is 0 Å². The van der Waals surface area contributed by atoms with E-state index in [0.29, 0.717) is 6.54 Å². The topological polar surface area (TPSA) is 32.5 Å². The molecule has 1 fully saturated rings. The Labute approximate surface area is 158 Å². The van der Waals surface area contributed by atoms with Crippen molar-refractivity contribution in [2.75, 3.05) is 32.7 Å². The van der Waals surface area contributed by atoms with Gasteiger partial charge in [-0.2, -0.15) is 0 Å². The van der Waals surface area contributed by atoms with E-state index in [0.717, 1.165) is 12.5 Å². The Morgan fingerprint density at radius 1 is 0.923 bits per heavy atom. The number of nitrogens with two attached hydrogens (primary N) is 1. The molecule has 1 aliphatic heterocycles. The Balaban J connectivity index is 1.63. The number of nitrogens with zero attached hydrogens (tertiary/aromatic N) is 2. The Morgan fingerprint density at radius 2 is 1.62 bits per heavy atom. The van der Waals surface area contributed by atoms with Crippen molar-refractivity contribution in [2.24, 2.45) is 11.7 Å². The highest BCUT2D eigenvalue weighted by molar-refractivity contribution is 5.65. The van der Waals surface area contributed by atoms with Crippen molar-refractivity contribution in [3.05, 3.63) is 59.2 Å². The molecule has 0 bridgehead atoms. The van der Waals surface area contributed by atoms with Gasteiger partial charge >= 0.3 is 0 Å². The maximum Gasteiger partial charge on any atom is 0.0237 e. The fourth-order valence-electron chi connectivity index (χ4n) is 3.82. The van der Waals surface area contributed by atoms with Gasteiger partial charge in [0.25, 0.3) is 0 Å². The molecule has 140 valence electrons. The van der Waals surface area contributed by atoms with Gasteiger partial charge in [0.1, 0.15) is 0 Å². The van der Waals surface area contributed by atoms with Crippen LogP contribution in [0.15, 0.2) is 42.5 Å². The molecule has 1 aliphatic rings. The van der Waals surface area contributed by atoms with E-state index in [4.69, 9.17) is 5.73 Å². The van der Waals surface area contributed by atoms with Gasteiger partial charge in [0.15, 0.2) is 0 Å². The van der Waals surface area contributed by atoms with Crippen molar-refractivity contribution in [3.8, 4) is 11.1 Å². The van der Waals surface area contributed by atoms with Crippen LogP contribution in [0, 0.1) is 12.8 Å². The van der Waals surface area contributed by atoms with Crippen molar-refractivity contribution in [1.82, 2.24) is 9.80 Å². The molecule has 0 aliphatic carbocycles. The van der Waals surface area contributed by atoms with Gasteiger partial charge in [-0.1, -0.05) is 50.2 Å². The van der Waals surface area contributed by atoms with E-state index in [1.54, 1.807) is 0 Å². The Bertz CT molecular complexity index is 715. The summed E-state index contributed by atoms with van der Waals surface area (Å²) in [6, 6.07) is 15.4. The van der Waals surface area contributed by atoms with Gasteiger partial charge in [0.05, 0.1) is 0 Å². The van der Waals surface area contributed by atoms with E-state index >= 15 is 0 Å². The molecule has 0 atom stereocenters. The van der Waals surface area contributed by atoms with Crippen molar-refractivity contribution < 1.29 is 0 Å². The van der Waals surface area contributed by atoms with Crippen molar-refractivity contribution in [3.63, 3.8) is 0 Å². The standard InChI is InChI=1S/C23H33N3/c1-18(2)16-25-9-11-26(12-10-25)17-23-8-7-22(13-19(23)3)21-6-4-5-20(14-21)15-24/h4-8,13-14,18H,9-12,15-17,24H2,1-3H3. The average molecular weight is 352 g/mol. The van der Waals surface area contributed by atoms with Gasteiger partial charge in [-0.05, 0) is 46.7 Å². The molecule has 0 radical (unpaired) electrons. The van der Waals surface area contributed by atoms with Gasteiger partial charge < -0.3 is 10.6 Å². The molecule has 0 aromatic heterocycles. The molecule has 26 heavy (non-hydrogen) atoms. The molecule has 1 saturated heterocycles. The molecule has 1 heterocycles. The number of hydrogen-bond donors (Lipinski definition) is 1. The normalized spacial score (nSPS) is 16.3. The van der Waals surface area contributed by atoms with Crippen LogP contribution in [-0.4, -0.2) is 42.5 Å². The number of rotatable bonds is 6. The molecule has 0 saturated carbocycles. The average Bonchev–Trinajstić information content (AvgIpc) is 2.64. The molecule has 2 aromatic rings. The molecule has 0 amide bonds. The largest absolute Gasteiger partial charge is 0.326 e. The first-order valence-electron chi connectivity index (χ1n) is 9.89. The summed E-state index contributed by atoms with van der Waals surface area (Å²) in [4.78, 5) is 5.19. The highest BCUT2D eigenvalue weighted by Crippen LogP contribution is 2.24. The summed E-state index contributed by atoms with van der Waals surface area (Å²) in [6.45, 7) is 14.5. The van der Waals surface area contributed by atoms with Crippen molar-refractivity contribution in [1.29, 1.82) is 0 Å². The molecular weight excluding hydrogens is 318 g/mol. The molecule has 0 spiro atoms. The van der Waals surface area contributed by atoms with Gasteiger partial charge in [0, 0.05) is 45.8 Å². The van der Waals surface area contributed by atoms with Crippen LogP contribution in [-0.2, 0) is 13.1 Å². The van der Waals surface area contributed by atoms with Gasteiger partial charge in [-0.3, -0.25) is 4.90 Å². The molecule has 3 nitrogen and oxygen atoms in total. The van der Waals surface area contributed by atoms with E-state index in [1.807, 2.05) is 0 Å². The summed E-state index contributed by atoms with van der Waals surface area (Å²) >= 11 is 0. The van der Waals surface area contributed by atoms with Crippen molar-refractivity contribution >= 4 is 0 Å². The molecule has 2 N–H and O–H groups in total. The van der Waals surface area contributed by atoms with Gasteiger partial charge in [0.2, 0.25) is 0 Å². The zero-order valence-corrected chi connectivity index (χ0v) is 16.5. The monoisotopic (exact) mass is 351 g/mol. The third kappa shape index (κ3) is 4.94. The first-order valence-corrected chi connectivity index (χ1v) is 9.89. The summed E-state index contributed by atoms with van der Waals surface area (Å²) in [5, 5.41) is 0. The minimum absolute atomic E-state index is 0.591. The second-order valence-electron chi connectivity index (χ2n) is 8.02. The Morgan fingerprint density at radius 3 is 2.27 bits per heavy atom. The highest BCUT2D eigenvalue weighted by Gasteiger charge is 2.18. The lowest BCUT2D eigenvalue weighted by Crippen LogP contribution is -2.46. The van der Waals surface area contributed by atoms with E-state index in [1.165, 1.54) is 60.5 Å². The summed E-state index contributed by atoms with van der Waals surface area (Å²) in [5.41, 5.74) is 12.3. The summed E-state index contributed by atoms with van der Waals surface area (Å²) in [5.74, 6) is 0.758. The predicted molar refractivity (Wildman–Crippen MR) is 111 cm³/mol. The van der Waals surface area contributed by atoms with E-state index in [-0.39, 0.29) is 0 Å². The smallest absolute Gasteiger partial charge is 0.0237 e. The van der Waals surface area contributed by atoms with Gasteiger partial charge in [-0.25, -0.2) is 0 Å². The third-order valence-electron chi connectivity index (χ3n) is 5.32. The fourth-order valence-corrected chi connectivity index (χ4v) is 3.82. The van der Waals surface area contributed by atoms with Crippen LogP contribution in [0.1, 0.15) is 30.5 Å². The molecule has 3 heteroatoms. The molecular formula is C23H33N3. The van der Waals surface area contributed by atoms with Crippen LogP contribution >= 0.6 is 0 Å². The molecule has 2 aromatic carbocycles.